The molecule has 1 aliphatic rings. The van der Waals surface area contributed by atoms with Crippen LogP contribution in [0.3, 0.4) is 0 Å². The molecule has 4 rings (SSSR count). The molecule has 0 unspecified atom stereocenters. The van der Waals surface area contributed by atoms with E-state index in [-0.39, 0.29) is 17.7 Å². The predicted molar refractivity (Wildman–Crippen MR) is 88.0 cm³/mol. The van der Waals surface area contributed by atoms with Crippen molar-refractivity contribution in [2.45, 2.75) is 0 Å². The molecule has 0 saturated heterocycles. The molecule has 0 aliphatic carbocycles. The lowest BCUT2D eigenvalue weighted by Crippen LogP contribution is -2.37. The van der Waals surface area contributed by atoms with E-state index in [1.54, 1.807) is 19.2 Å². The van der Waals surface area contributed by atoms with E-state index in [2.05, 4.69) is 19.9 Å². The maximum Gasteiger partial charge on any atom is 0.352 e. The Labute approximate surface area is 146 Å². The Hall–Kier alpha value is -3.82. The molecule has 2 aromatic heterocycles. The number of H-pyrrole nitrogens is 1. The molecular weight excluding hydrogens is 340 g/mol. The van der Waals surface area contributed by atoms with E-state index in [0.29, 0.717) is 22.0 Å². The van der Waals surface area contributed by atoms with E-state index in [0.717, 1.165) is 0 Å². The van der Waals surface area contributed by atoms with Gasteiger partial charge in [0, 0.05) is 7.05 Å². The molecule has 0 radical (unpaired) electrons. The molecule has 2 amide bonds. The van der Waals surface area contributed by atoms with Crippen LogP contribution in [-0.2, 0) is 9.63 Å². The summed E-state index contributed by atoms with van der Waals surface area (Å²) in [5, 5.41) is 0.479. The normalized spacial score (nSPS) is 13.2. The van der Waals surface area contributed by atoms with Gasteiger partial charge in [-0.15, -0.1) is 0 Å². The molecule has 0 atom stereocenters. The number of anilines is 1. The number of benzene rings is 1. The van der Waals surface area contributed by atoms with Crippen LogP contribution < -0.4 is 4.90 Å². The van der Waals surface area contributed by atoms with Gasteiger partial charge in [0.1, 0.15) is 18.4 Å². The van der Waals surface area contributed by atoms with Crippen molar-refractivity contribution in [3.63, 3.8) is 0 Å². The smallest absolute Gasteiger partial charge is 0.347 e. The highest BCUT2D eigenvalue weighted by Gasteiger charge is 2.38. The van der Waals surface area contributed by atoms with E-state index < -0.39 is 17.8 Å². The number of carbonyl (C=O) groups is 3. The lowest BCUT2D eigenvalue weighted by Gasteiger charge is -2.19. The fourth-order valence-electron chi connectivity index (χ4n) is 2.69. The fourth-order valence-corrected chi connectivity index (χ4v) is 2.69. The summed E-state index contributed by atoms with van der Waals surface area (Å²) in [5.74, 6) is -1.68. The van der Waals surface area contributed by atoms with Crippen molar-refractivity contribution in [3.8, 4) is 0 Å². The van der Waals surface area contributed by atoms with Crippen LogP contribution in [0.15, 0.2) is 36.9 Å². The first-order chi connectivity index (χ1) is 12.6. The average molecular weight is 352 g/mol. The van der Waals surface area contributed by atoms with E-state index in [4.69, 9.17) is 4.84 Å². The van der Waals surface area contributed by atoms with Crippen molar-refractivity contribution in [2.75, 3.05) is 18.5 Å². The van der Waals surface area contributed by atoms with Gasteiger partial charge in [0.2, 0.25) is 0 Å². The molecule has 0 saturated carbocycles. The second-order valence-electron chi connectivity index (χ2n) is 5.57. The van der Waals surface area contributed by atoms with Crippen molar-refractivity contribution >= 4 is 34.8 Å². The van der Waals surface area contributed by atoms with Gasteiger partial charge in [-0.05, 0) is 12.1 Å². The quantitative estimate of drug-likeness (QED) is 0.675. The molecule has 10 heteroatoms. The van der Waals surface area contributed by atoms with Gasteiger partial charge in [-0.2, -0.15) is 0 Å². The first kappa shape index (κ1) is 15.7. The van der Waals surface area contributed by atoms with Gasteiger partial charge in [-0.1, -0.05) is 17.2 Å². The van der Waals surface area contributed by atoms with Crippen LogP contribution in [0.4, 0.5) is 5.82 Å². The third-order valence-corrected chi connectivity index (χ3v) is 3.88. The number of aromatic nitrogens is 4. The number of hydrogen-bond acceptors (Lipinski definition) is 8. The van der Waals surface area contributed by atoms with Crippen LogP contribution in [0.1, 0.15) is 20.7 Å². The molecule has 130 valence electrons. The number of imidazole rings is 1. The lowest BCUT2D eigenvalue weighted by molar-refractivity contribution is -0.166. The van der Waals surface area contributed by atoms with E-state index in [9.17, 15) is 14.4 Å². The van der Waals surface area contributed by atoms with Gasteiger partial charge < -0.3 is 14.7 Å². The summed E-state index contributed by atoms with van der Waals surface area (Å²) in [6, 6.07) is 6.28. The predicted octanol–water partition coefficient (Wildman–Crippen LogP) is 0.543. The standard InChI is InChI=1S/C16H12N6O4/c1-21(14-12-13(18-7-17-12)19-8-20-14)6-11(23)26-22-15(24)9-4-2-3-5-10(9)16(22)25/h2-5,7-8H,6H2,1H3,(H,17,18,19,20). The third-order valence-electron chi connectivity index (χ3n) is 3.88. The number of likely N-dealkylation sites (N-methyl/N-ethyl adjacent to an activating group) is 1. The van der Waals surface area contributed by atoms with Crippen molar-refractivity contribution in [1.82, 2.24) is 25.0 Å². The number of fused-ring (bicyclic) bond motifs is 2. The SMILES string of the molecule is CN(CC(=O)ON1C(=O)c2ccccc2C1=O)c1ncnc2nc[nH]c12. The lowest BCUT2D eigenvalue weighted by atomic mass is 10.1. The number of carbonyl (C=O) groups excluding carboxylic acids is 3. The summed E-state index contributed by atoms with van der Waals surface area (Å²) in [6.07, 6.45) is 2.79. The average Bonchev–Trinajstić information content (AvgIpc) is 3.21. The molecule has 3 heterocycles. The monoisotopic (exact) mass is 352 g/mol. The topological polar surface area (TPSA) is 121 Å². The highest BCUT2D eigenvalue weighted by molar-refractivity contribution is 6.20. The molecular formula is C16H12N6O4. The largest absolute Gasteiger partial charge is 0.352 e. The first-order valence-electron chi connectivity index (χ1n) is 7.60. The van der Waals surface area contributed by atoms with Gasteiger partial charge in [0.15, 0.2) is 11.5 Å². The molecule has 1 N–H and O–H groups in total. The summed E-state index contributed by atoms with van der Waals surface area (Å²) in [4.78, 5) is 58.2. The van der Waals surface area contributed by atoms with Crippen LogP contribution in [0.25, 0.3) is 11.2 Å². The summed E-state index contributed by atoms with van der Waals surface area (Å²) < 4.78 is 0. The highest BCUT2D eigenvalue weighted by atomic mass is 16.7. The van der Waals surface area contributed by atoms with Gasteiger partial charge in [0.25, 0.3) is 11.8 Å². The van der Waals surface area contributed by atoms with Gasteiger partial charge in [0.05, 0.1) is 17.5 Å². The molecule has 26 heavy (non-hydrogen) atoms. The number of aromatic amines is 1. The van der Waals surface area contributed by atoms with E-state index >= 15 is 0 Å². The number of hydrogen-bond donors (Lipinski definition) is 1. The zero-order valence-corrected chi connectivity index (χ0v) is 13.5. The molecule has 1 aromatic carbocycles. The number of nitrogens with zero attached hydrogens (tertiary/aromatic N) is 5. The Morgan fingerprint density at radius 1 is 1.15 bits per heavy atom. The molecule has 0 fully saturated rings. The van der Waals surface area contributed by atoms with Crippen LogP contribution in [0.2, 0.25) is 0 Å². The Balaban J connectivity index is 1.49. The Bertz CT molecular complexity index is 1010. The minimum Gasteiger partial charge on any atom is -0.347 e. The summed E-state index contributed by atoms with van der Waals surface area (Å²) in [6.45, 7) is -0.238. The first-order valence-corrected chi connectivity index (χ1v) is 7.60. The van der Waals surface area contributed by atoms with Crippen LogP contribution in [0, 0.1) is 0 Å². The van der Waals surface area contributed by atoms with Crippen LogP contribution in [-0.4, -0.2) is 56.4 Å². The van der Waals surface area contributed by atoms with Gasteiger partial charge >= 0.3 is 5.97 Å². The number of nitrogens with one attached hydrogen (secondary N) is 1. The maximum atomic E-state index is 12.2. The molecule has 0 spiro atoms. The van der Waals surface area contributed by atoms with Crippen LogP contribution >= 0.6 is 0 Å². The molecule has 0 bridgehead atoms. The Morgan fingerprint density at radius 2 is 1.85 bits per heavy atom. The molecule has 1 aliphatic heterocycles. The zero-order valence-electron chi connectivity index (χ0n) is 13.5. The Kier molecular flexibility index (Phi) is 3.57. The van der Waals surface area contributed by atoms with Gasteiger partial charge in [-0.3, -0.25) is 9.59 Å². The third kappa shape index (κ3) is 2.44. The summed E-state index contributed by atoms with van der Waals surface area (Å²) in [5.41, 5.74) is 1.42. The maximum absolute atomic E-state index is 12.2. The summed E-state index contributed by atoms with van der Waals surface area (Å²) in [7, 11) is 1.62. The minimum absolute atomic E-state index is 0.202. The number of imide groups is 1. The van der Waals surface area contributed by atoms with Gasteiger partial charge in [-0.25, -0.2) is 19.7 Å². The minimum atomic E-state index is -0.784. The highest BCUT2D eigenvalue weighted by Crippen LogP contribution is 2.23. The van der Waals surface area contributed by atoms with E-state index in [1.165, 1.54) is 29.7 Å². The molecule has 10 nitrogen and oxygen atoms in total. The second-order valence-corrected chi connectivity index (χ2v) is 5.57. The number of amides is 2. The molecule has 3 aromatic rings. The number of rotatable bonds is 4. The van der Waals surface area contributed by atoms with Crippen LogP contribution in [0.5, 0.6) is 0 Å². The number of hydroxylamine groups is 2. The fraction of sp³-hybridized carbons (Fsp3) is 0.125. The summed E-state index contributed by atoms with van der Waals surface area (Å²) >= 11 is 0. The Morgan fingerprint density at radius 3 is 2.54 bits per heavy atom. The van der Waals surface area contributed by atoms with Crippen molar-refractivity contribution in [2.24, 2.45) is 0 Å². The zero-order chi connectivity index (χ0) is 18.3. The van der Waals surface area contributed by atoms with Crippen molar-refractivity contribution in [1.29, 1.82) is 0 Å². The van der Waals surface area contributed by atoms with Crippen molar-refractivity contribution < 1.29 is 19.2 Å². The van der Waals surface area contributed by atoms with Crippen molar-refractivity contribution in [3.05, 3.63) is 48.0 Å². The second kappa shape index (κ2) is 5.92. The van der Waals surface area contributed by atoms with E-state index in [1.807, 2.05) is 0 Å².